The molecule has 5 nitrogen and oxygen atoms in total. The molecule has 1 atom stereocenters. The second-order valence-electron chi connectivity index (χ2n) is 5.23. The van der Waals surface area contributed by atoms with Crippen molar-refractivity contribution in [2.24, 2.45) is 0 Å². The van der Waals surface area contributed by atoms with E-state index in [0.29, 0.717) is 0 Å². The summed E-state index contributed by atoms with van der Waals surface area (Å²) in [6.45, 7) is 6.85. The summed E-state index contributed by atoms with van der Waals surface area (Å²) in [5.41, 5.74) is 1.89. The third kappa shape index (κ3) is 4.72. The Balaban J connectivity index is 1.81. The first-order valence-electron chi connectivity index (χ1n) is 7.58. The smallest absolute Gasteiger partial charge is 0.262 e. The lowest BCUT2D eigenvalue weighted by Gasteiger charge is -2.21. The molecule has 5 heteroatoms. The van der Waals surface area contributed by atoms with Crippen molar-refractivity contribution in [3.63, 3.8) is 0 Å². The number of carbonyl (C=O) groups excluding carboxylic acids is 1. The first-order valence-corrected chi connectivity index (χ1v) is 7.58. The van der Waals surface area contributed by atoms with Crippen LogP contribution in [0.25, 0.3) is 0 Å². The minimum absolute atomic E-state index is 0.0951. The maximum absolute atomic E-state index is 11.3. The number of ether oxygens (including phenoxy) is 2. The summed E-state index contributed by atoms with van der Waals surface area (Å²) < 4.78 is 10.8. The van der Waals surface area contributed by atoms with Gasteiger partial charge in [0.2, 0.25) is 0 Å². The van der Waals surface area contributed by atoms with Gasteiger partial charge in [-0.15, -0.1) is 0 Å². The number of carbonyl (C=O) groups is 1. The van der Waals surface area contributed by atoms with E-state index in [2.05, 4.69) is 24.5 Å². The quantitative estimate of drug-likeness (QED) is 0.723. The third-order valence-electron chi connectivity index (χ3n) is 3.40. The zero-order chi connectivity index (χ0) is 15.1. The first-order chi connectivity index (χ1) is 10.2. The molecule has 2 rings (SSSR count). The molecule has 1 aromatic rings. The lowest BCUT2D eigenvalue weighted by atomic mass is 10.1. The van der Waals surface area contributed by atoms with Crippen LogP contribution in [0.15, 0.2) is 18.2 Å². The molecule has 1 heterocycles. The topological polar surface area (TPSA) is 59.6 Å². The molecule has 116 valence electrons. The lowest BCUT2D eigenvalue weighted by molar-refractivity contribution is -0.118. The van der Waals surface area contributed by atoms with E-state index in [9.17, 15) is 4.79 Å². The second kappa shape index (κ2) is 8.00. The van der Waals surface area contributed by atoms with Crippen molar-refractivity contribution in [3.05, 3.63) is 23.8 Å². The van der Waals surface area contributed by atoms with Crippen molar-refractivity contribution < 1.29 is 14.3 Å². The highest BCUT2D eigenvalue weighted by molar-refractivity contribution is 5.95. The van der Waals surface area contributed by atoms with Crippen LogP contribution in [-0.2, 0) is 9.53 Å². The summed E-state index contributed by atoms with van der Waals surface area (Å²) in [4.78, 5) is 11.3. The van der Waals surface area contributed by atoms with E-state index in [-0.39, 0.29) is 18.6 Å². The Morgan fingerprint density at radius 2 is 2.29 bits per heavy atom. The normalized spacial score (nSPS) is 15.0. The number of hydrogen-bond donors (Lipinski definition) is 2. The van der Waals surface area contributed by atoms with Gasteiger partial charge in [-0.2, -0.15) is 0 Å². The molecular weight excluding hydrogens is 268 g/mol. The molecule has 1 amide bonds. The fourth-order valence-corrected chi connectivity index (χ4v) is 2.23. The van der Waals surface area contributed by atoms with Crippen LogP contribution in [-0.4, -0.2) is 32.3 Å². The Hall–Kier alpha value is -1.59. The van der Waals surface area contributed by atoms with Gasteiger partial charge in [-0.1, -0.05) is 13.0 Å². The van der Waals surface area contributed by atoms with Crippen LogP contribution in [0.4, 0.5) is 5.69 Å². The zero-order valence-electron chi connectivity index (χ0n) is 12.8. The van der Waals surface area contributed by atoms with E-state index < -0.39 is 0 Å². The molecular formula is C16H24N2O3. The molecule has 0 aliphatic carbocycles. The molecule has 0 aromatic heterocycles. The van der Waals surface area contributed by atoms with Crippen LogP contribution < -0.4 is 15.4 Å². The molecule has 1 aliphatic rings. The number of amides is 1. The predicted molar refractivity (Wildman–Crippen MR) is 82.7 cm³/mol. The molecule has 1 aromatic carbocycles. The van der Waals surface area contributed by atoms with Crippen LogP contribution in [0.3, 0.4) is 0 Å². The maximum atomic E-state index is 11.3. The van der Waals surface area contributed by atoms with Crippen molar-refractivity contribution in [2.75, 3.05) is 31.7 Å². The molecule has 0 radical (unpaired) electrons. The van der Waals surface area contributed by atoms with Crippen molar-refractivity contribution in [1.29, 1.82) is 0 Å². The molecule has 0 saturated carbocycles. The van der Waals surface area contributed by atoms with Crippen LogP contribution in [0.5, 0.6) is 5.75 Å². The number of hydrogen-bond acceptors (Lipinski definition) is 4. The minimum Gasteiger partial charge on any atom is -0.482 e. The van der Waals surface area contributed by atoms with Gasteiger partial charge in [-0.25, -0.2) is 0 Å². The van der Waals surface area contributed by atoms with E-state index in [0.717, 1.165) is 49.6 Å². The van der Waals surface area contributed by atoms with Crippen molar-refractivity contribution in [2.45, 2.75) is 32.7 Å². The number of benzene rings is 1. The summed E-state index contributed by atoms with van der Waals surface area (Å²) in [7, 11) is 0. The summed E-state index contributed by atoms with van der Waals surface area (Å²) in [6, 6.07) is 6.13. The SMILES string of the molecule is CCCOCCCNC(C)c1ccc2c(c1)NC(=O)CO2. The fourth-order valence-electron chi connectivity index (χ4n) is 2.23. The highest BCUT2D eigenvalue weighted by atomic mass is 16.5. The first kappa shape index (κ1) is 15.8. The maximum Gasteiger partial charge on any atom is 0.262 e. The summed E-state index contributed by atoms with van der Waals surface area (Å²) in [5.74, 6) is 0.631. The van der Waals surface area contributed by atoms with Gasteiger partial charge >= 0.3 is 0 Å². The molecule has 0 saturated heterocycles. The molecule has 0 fully saturated rings. The Morgan fingerprint density at radius 3 is 3.10 bits per heavy atom. The van der Waals surface area contributed by atoms with Gasteiger partial charge in [0.25, 0.3) is 5.91 Å². The van der Waals surface area contributed by atoms with Gasteiger partial charge < -0.3 is 20.1 Å². The standard InChI is InChI=1S/C16H24N2O3/c1-3-8-20-9-4-7-17-12(2)13-5-6-15-14(10-13)18-16(19)11-21-15/h5-6,10,12,17H,3-4,7-9,11H2,1-2H3,(H,18,19). The summed E-state index contributed by atoms with van der Waals surface area (Å²) in [6.07, 6.45) is 2.06. The molecule has 1 unspecified atom stereocenters. The lowest BCUT2D eigenvalue weighted by Crippen LogP contribution is -2.26. The van der Waals surface area contributed by atoms with E-state index in [1.165, 1.54) is 0 Å². The molecule has 0 bridgehead atoms. The monoisotopic (exact) mass is 292 g/mol. The zero-order valence-corrected chi connectivity index (χ0v) is 12.8. The Labute approximate surface area is 126 Å². The van der Waals surface area contributed by atoms with Gasteiger partial charge in [0.15, 0.2) is 6.61 Å². The highest BCUT2D eigenvalue weighted by Gasteiger charge is 2.17. The van der Waals surface area contributed by atoms with E-state index in [1.807, 2.05) is 18.2 Å². The summed E-state index contributed by atoms with van der Waals surface area (Å²) in [5, 5.41) is 6.29. The van der Waals surface area contributed by atoms with Crippen molar-refractivity contribution >= 4 is 11.6 Å². The minimum atomic E-state index is -0.103. The van der Waals surface area contributed by atoms with Crippen LogP contribution in [0.2, 0.25) is 0 Å². The fraction of sp³-hybridized carbons (Fsp3) is 0.562. The second-order valence-corrected chi connectivity index (χ2v) is 5.23. The van der Waals surface area contributed by atoms with Crippen LogP contribution >= 0.6 is 0 Å². The molecule has 0 spiro atoms. The summed E-state index contributed by atoms with van der Waals surface area (Å²) >= 11 is 0. The molecule has 2 N–H and O–H groups in total. The van der Waals surface area contributed by atoms with Crippen LogP contribution in [0.1, 0.15) is 38.3 Å². The Kier molecular flexibility index (Phi) is 6.02. The molecule has 1 aliphatic heterocycles. The largest absolute Gasteiger partial charge is 0.482 e. The van der Waals surface area contributed by atoms with Gasteiger partial charge in [-0.05, 0) is 44.0 Å². The van der Waals surface area contributed by atoms with Crippen molar-refractivity contribution in [3.8, 4) is 5.75 Å². The van der Waals surface area contributed by atoms with E-state index in [1.54, 1.807) is 0 Å². The van der Waals surface area contributed by atoms with Crippen LogP contribution in [0, 0.1) is 0 Å². The van der Waals surface area contributed by atoms with E-state index >= 15 is 0 Å². The van der Waals surface area contributed by atoms with Gasteiger partial charge in [0.05, 0.1) is 5.69 Å². The predicted octanol–water partition coefficient (Wildman–Crippen LogP) is 2.48. The van der Waals surface area contributed by atoms with E-state index in [4.69, 9.17) is 9.47 Å². The van der Waals surface area contributed by atoms with Gasteiger partial charge in [0, 0.05) is 19.3 Å². The van der Waals surface area contributed by atoms with Crippen molar-refractivity contribution in [1.82, 2.24) is 5.32 Å². The van der Waals surface area contributed by atoms with Gasteiger partial charge in [0.1, 0.15) is 5.75 Å². The average Bonchev–Trinajstić information content (AvgIpc) is 2.49. The third-order valence-corrected chi connectivity index (χ3v) is 3.40. The number of rotatable bonds is 8. The highest BCUT2D eigenvalue weighted by Crippen LogP contribution is 2.30. The number of nitrogens with one attached hydrogen (secondary N) is 2. The number of anilines is 1. The molecule has 21 heavy (non-hydrogen) atoms. The average molecular weight is 292 g/mol. The number of fused-ring (bicyclic) bond motifs is 1. The van der Waals surface area contributed by atoms with Gasteiger partial charge in [-0.3, -0.25) is 4.79 Å². The Morgan fingerprint density at radius 1 is 1.43 bits per heavy atom. The Bertz CT molecular complexity index is 477.